The Morgan fingerprint density at radius 3 is 2.65 bits per heavy atom. The molecule has 130 valence electrons. The molecule has 0 saturated heterocycles. The summed E-state index contributed by atoms with van der Waals surface area (Å²) < 4.78 is 1.89. The van der Waals surface area contributed by atoms with E-state index < -0.39 is 0 Å². The number of rotatable bonds is 3. The van der Waals surface area contributed by atoms with Crippen molar-refractivity contribution in [2.75, 3.05) is 5.32 Å². The maximum atomic E-state index is 12.7. The molecule has 0 aliphatic heterocycles. The molecule has 6 nitrogen and oxygen atoms in total. The van der Waals surface area contributed by atoms with E-state index in [1.807, 2.05) is 54.9 Å². The molecule has 0 fully saturated rings. The predicted molar refractivity (Wildman–Crippen MR) is 102 cm³/mol. The first-order valence-corrected chi connectivity index (χ1v) is 8.40. The van der Waals surface area contributed by atoms with Crippen LogP contribution in [0.1, 0.15) is 27.4 Å². The minimum Gasteiger partial charge on any atom is -0.358 e. The van der Waals surface area contributed by atoms with Gasteiger partial charge < -0.3 is 10.3 Å². The Morgan fingerprint density at radius 2 is 1.96 bits per heavy atom. The molecule has 0 aliphatic rings. The van der Waals surface area contributed by atoms with Crippen molar-refractivity contribution in [1.82, 2.24) is 19.5 Å². The number of aryl methyl sites for hydroxylation is 3. The topological polar surface area (TPSA) is 75.6 Å². The molecule has 0 radical (unpaired) electrons. The molecule has 26 heavy (non-hydrogen) atoms. The third kappa shape index (κ3) is 2.65. The van der Waals surface area contributed by atoms with E-state index in [1.165, 1.54) is 0 Å². The first-order chi connectivity index (χ1) is 12.5. The second-order valence-electron chi connectivity index (χ2n) is 6.31. The fraction of sp³-hybridized carbons (Fsp3) is 0.150. The number of amides is 1. The predicted octanol–water partition coefficient (Wildman–Crippen LogP) is 3.93. The number of aromatic amines is 1. The molecule has 0 bridgehead atoms. The highest BCUT2D eigenvalue weighted by molar-refractivity contribution is 6.12. The largest absolute Gasteiger partial charge is 0.358 e. The highest BCUT2D eigenvalue weighted by Gasteiger charge is 2.14. The van der Waals surface area contributed by atoms with Crippen molar-refractivity contribution in [3.8, 4) is 5.82 Å². The molecule has 0 atom stereocenters. The van der Waals surface area contributed by atoms with Gasteiger partial charge in [0.1, 0.15) is 11.6 Å². The van der Waals surface area contributed by atoms with E-state index in [4.69, 9.17) is 0 Å². The number of carbonyl (C=O) groups excluding carboxylic acids is 1. The normalized spacial score (nSPS) is 11.0. The number of nitrogens with one attached hydrogen (secondary N) is 2. The molecule has 6 heteroatoms. The van der Waals surface area contributed by atoms with Crippen LogP contribution in [0.15, 0.2) is 48.9 Å². The number of anilines is 1. The Labute approximate surface area is 150 Å². The number of hydrogen-bond acceptors (Lipinski definition) is 3. The lowest BCUT2D eigenvalue weighted by Crippen LogP contribution is -2.13. The summed E-state index contributed by atoms with van der Waals surface area (Å²) in [6.45, 7) is 5.98. The summed E-state index contributed by atoms with van der Waals surface area (Å²) in [6, 6.07) is 9.44. The molecular weight excluding hydrogens is 326 g/mol. The van der Waals surface area contributed by atoms with Gasteiger partial charge in [-0.15, -0.1) is 0 Å². The standard InChI is InChI=1S/C20H19N5O/c1-12-13(2)23-19-16(12)5-4-6-17(19)20(26)24-15-7-8-18(22-11-15)25-10-9-21-14(25)3/h4-11,23H,1-3H3,(H,24,26). The van der Waals surface area contributed by atoms with Crippen LogP contribution in [0.25, 0.3) is 16.7 Å². The van der Waals surface area contributed by atoms with Crippen LogP contribution in [0.2, 0.25) is 0 Å². The monoisotopic (exact) mass is 345 g/mol. The van der Waals surface area contributed by atoms with Crippen molar-refractivity contribution >= 4 is 22.5 Å². The summed E-state index contributed by atoms with van der Waals surface area (Å²) in [5.41, 5.74) is 4.36. The molecule has 0 aliphatic carbocycles. The van der Waals surface area contributed by atoms with Crippen LogP contribution in [0, 0.1) is 20.8 Å². The lowest BCUT2D eigenvalue weighted by Gasteiger charge is -2.08. The van der Waals surface area contributed by atoms with Crippen molar-refractivity contribution in [3.63, 3.8) is 0 Å². The molecule has 1 aromatic carbocycles. The number of pyridine rings is 1. The Kier molecular flexibility index (Phi) is 3.80. The lowest BCUT2D eigenvalue weighted by atomic mass is 10.1. The SMILES string of the molecule is Cc1[nH]c2c(C(=O)Nc3ccc(-n4ccnc4C)nc3)cccc2c1C. The van der Waals surface area contributed by atoms with Crippen molar-refractivity contribution in [3.05, 3.63) is 71.6 Å². The van der Waals surface area contributed by atoms with Crippen LogP contribution in [-0.4, -0.2) is 25.4 Å². The van der Waals surface area contributed by atoms with Crippen molar-refractivity contribution < 1.29 is 4.79 Å². The van der Waals surface area contributed by atoms with Crippen LogP contribution in [0.5, 0.6) is 0 Å². The third-order valence-corrected chi connectivity index (χ3v) is 4.67. The fourth-order valence-corrected chi connectivity index (χ4v) is 3.09. The molecule has 0 spiro atoms. The molecule has 3 aromatic heterocycles. The number of benzene rings is 1. The average molecular weight is 345 g/mol. The maximum Gasteiger partial charge on any atom is 0.257 e. The molecule has 1 amide bonds. The molecule has 3 heterocycles. The maximum absolute atomic E-state index is 12.7. The zero-order valence-corrected chi connectivity index (χ0v) is 14.9. The van der Waals surface area contributed by atoms with Crippen molar-refractivity contribution in [2.24, 2.45) is 0 Å². The van der Waals surface area contributed by atoms with Gasteiger partial charge in [0.05, 0.1) is 23.0 Å². The number of aromatic nitrogens is 4. The van der Waals surface area contributed by atoms with Gasteiger partial charge in [-0.2, -0.15) is 0 Å². The Morgan fingerprint density at radius 1 is 1.12 bits per heavy atom. The number of carbonyl (C=O) groups is 1. The van der Waals surface area contributed by atoms with Gasteiger partial charge in [-0.1, -0.05) is 12.1 Å². The van der Waals surface area contributed by atoms with Crippen LogP contribution in [0.3, 0.4) is 0 Å². The smallest absolute Gasteiger partial charge is 0.257 e. The van der Waals surface area contributed by atoms with Gasteiger partial charge in [0.15, 0.2) is 0 Å². The fourth-order valence-electron chi connectivity index (χ4n) is 3.09. The Bertz CT molecular complexity index is 1110. The van der Waals surface area contributed by atoms with E-state index in [-0.39, 0.29) is 5.91 Å². The number of fused-ring (bicyclic) bond motifs is 1. The molecule has 0 unspecified atom stereocenters. The Balaban J connectivity index is 1.61. The summed E-state index contributed by atoms with van der Waals surface area (Å²) in [5.74, 6) is 1.46. The molecular formula is C20H19N5O. The van der Waals surface area contributed by atoms with Gasteiger partial charge in [0.2, 0.25) is 0 Å². The number of para-hydroxylation sites is 1. The summed E-state index contributed by atoms with van der Waals surface area (Å²) in [4.78, 5) is 24.7. The second kappa shape index (κ2) is 6.15. The van der Waals surface area contributed by atoms with E-state index in [0.717, 1.165) is 33.8 Å². The van der Waals surface area contributed by atoms with Crippen LogP contribution in [-0.2, 0) is 0 Å². The van der Waals surface area contributed by atoms with E-state index in [0.29, 0.717) is 11.3 Å². The zero-order valence-electron chi connectivity index (χ0n) is 14.9. The van der Waals surface area contributed by atoms with E-state index in [1.54, 1.807) is 12.4 Å². The average Bonchev–Trinajstić information content (AvgIpc) is 3.19. The summed E-state index contributed by atoms with van der Waals surface area (Å²) in [5, 5.41) is 3.99. The van der Waals surface area contributed by atoms with E-state index in [2.05, 4.69) is 27.2 Å². The number of H-pyrrole nitrogens is 1. The van der Waals surface area contributed by atoms with Gasteiger partial charge in [-0.25, -0.2) is 9.97 Å². The van der Waals surface area contributed by atoms with E-state index in [9.17, 15) is 4.79 Å². The summed E-state index contributed by atoms with van der Waals surface area (Å²) in [6.07, 6.45) is 5.23. The van der Waals surface area contributed by atoms with Gasteiger partial charge in [-0.05, 0) is 44.5 Å². The first kappa shape index (κ1) is 16.1. The number of hydrogen-bond donors (Lipinski definition) is 2. The highest BCUT2D eigenvalue weighted by Crippen LogP contribution is 2.25. The van der Waals surface area contributed by atoms with Crippen molar-refractivity contribution in [1.29, 1.82) is 0 Å². The van der Waals surface area contributed by atoms with Gasteiger partial charge in [0.25, 0.3) is 5.91 Å². The molecule has 2 N–H and O–H groups in total. The number of imidazole rings is 1. The summed E-state index contributed by atoms with van der Waals surface area (Å²) >= 11 is 0. The lowest BCUT2D eigenvalue weighted by molar-refractivity contribution is 0.102. The Hall–Kier alpha value is -3.41. The number of nitrogens with zero attached hydrogens (tertiary/aromatic N) is 3. The van der Waals surface area contributed by atoms with Gasteiger partial charge in [0, 0.05) is 23.5 Å². The molecule has 0 saturated carbocycles. The van der Waals surface area contributed by atoms with Crippen molar-refractivity contribution in [2.45, 2.75) is 20.8 Å². The van der Waals surface area contributed by atoms with Crippen LogP contribution in [0.4, 0.5) is 5.69 Å². The van der Waals surface area contributed by atoms with E-state index >= 15 is 0 Å². The summed E-state index contributed by atoms with van der Waals surface area (Å²) in [7, 11) is 0. The molecule has 4 rings (SSSR count). The minimum absolute atomic E-state index is 0.162. The molecule has 4 aromatic rings. The zero-order chi connectivity index (χ0) is 18.3. The van der Waals surface area contributed by atoms with Crippen LogP contribution < -0.4 is 5.32 Å². The second-order valence-corrected chi connectivity index (χ2v) is 6.31. The van der Waals surface area contributed by atoms with Gasteiger partial charge >= 0.3 is 0 Å². The van der Waals surface area contributed by atoms with Crippen LogP contribution >= 0.6 is 0 Å². The third-order valence-electron chi connectivity index (χ3n) is 4.67. The first-order valence-electron chi connectivity index (χ1n) is 8.40. The quantitative estimate of drug-likeness (QED) is 0.591. The highest BCUT2D eigenvalue weighted by atomic mass is 16.1. The minimum atomic E-state index is -0.162. The van der Waals surface area contributed by atoms with Gasteiger partial charge in [-0.3, -0.25) is 9.36 Å².